The molecular formula is C19H14Cl4N6O2. The van der Waals surface area contributed by atoms with Gasteiger partial charge < -0.3 is 9.84 Å². The zero-order chi connectivity index (χ0) is 22.1. The molecule has 0 saturated heterocycles. The Hall–Kier alpha value is -2.52. The van der Waals surface area contributed by atoms with Crippen molar-refractivity contribution < 1.29 is 9.32 Å². The van der Waals surface area contributed by atoms with Crippen molar-refractivity contribution in [2.24, 2.45) is 0 Å². The van der Waals surface area contributed by atoms with Gasteiger partial charge in [-0.05, 0) is 24.6 Å². The number of hydrogen-bond donors (Lipinski definition) is 1. The molecule has 3 aromatic heterocycles. The smallest absolute Gasteiger partial charge is 0.279 e. The fraction of sp³-hybridized carbons (Fsp3) is 0.158. The van der Waals surface area contributed by atoms with Gasteiger partial charge in [0.25, 0.3) is 5.91 Å². The molecule has 1 N–H and O–H groups in total. The Labute approximate surface area is 196 Å². The van der Waals surface area contributed by atoms with Gasteiger partial charge in [-0.2, -0.15) is 10.2 Å². The predicted molar refractivity (Wildman–Crippen MR) is 118 cm³/mol. The van der Waals surface area contributed by atoms with Gasteiger partial charge in [0.2, 0.25) is 0 Å². The zero-order valence-corrected chi connectivity index (χ0v) is 19.0. The monoisotopic (exact) mass is 498 g/mol. The highest BCUT2D eigenvalue weighted by molar-refractivity contribution is 6.35. The van der Waals surface area contributed by atoms with E-state index in [2.05, 4.69) is 20.7 Å². The fourth-order valence-corrected chi connectivity index (χ4v) is 3.72. The van der Waals surface area contributed by atoms with Crippen LogP contribution in [-0.4, -0.2) is 30.6 Å². The standard InChI is InChI=1S/C19H14Cl4N6O2/c1-10-14(8-28-7-13(21)5-24-28)17(27-31-10)19(30)25-18-16(23)9-29(26-18)6-11-2-3-12(20)4-15(11)22/h2-5,7,9H,6,8H2,1H3,(H,25,26,30). The van der Waals surface area contributed by atoms with Crippen LogP contribution in [0.5, 0.6) is 0 Å². The van der Waals surface area contributed by atoms with Crippen molar-refractivity contribution in [2.75, 3.05) is 5.32 Å². The van der Waals surface area contributed by atoms with Crippen molar-refractivity contribution in [1.82, 2.24) is 24.7 Å². The lowest BCUT2D eigenvalue weighted by molar-refractivity contribution is 0.101. The summed E-state index contributed by atoms with van der Waals surface area (Å²) >= 11 is 24.3. The topological polar surface area (TPSA) is 90.8 Å². The predicted octanol–water partition coefficient (Wildman–Crippen LogP) is 5.34. The van der Waals surface area contributed by atoms with E-state index in [1.807, 2.05) is 0 Å². The molecule has 0 atom stereocenters. The van der Waals surface area contributed by atoms with Gasteiger partial charge in [-0.3, -0.25) is 14.2 Å². The van der Waals surface area contributed by atoms with Crippen LogP contribution in [0.1, 0.15) is 27.4 Å². The van der Waals surface area contributed by atoms with Crippen molar-refractivity contribution in [2.45, 2.75) is 20.0 Å². The zero-order valence-electron chi connectivity index (χ0n) is 15.9. The molecule has 0 aliphatic rings. The molecule has 0 saturated carbocycles. The van der Waals surface area contributed by atoms with Gasteiger partial charge in [0, 0.05) is 28.0 Å². The number of carbonyl (C=O) groups excluding carboxylic acids is 1. The number of halogens is 4. The molecule has 1 amide bonds. The second-order valence-corrected chi connectivity index (χ2v) is 8.32. The van der Waals surface area contributed by atoms with Crippen LogP contribution in [-0.2, 0) is 13.1 Å². The van der Waals surface area contributed by atoms with Crippen LogP contribution in [0.3, 0.4) is 0 Å². The summed E-state index contributed by atoms with van der Waals surface area (Å²) in [7, 11) is 0. The van der Waals surface area contributed by atoms with E-state index in [0.29, 0.717) is 32.9 Å². The lowest BCUT2D eigenvalue weighted by Crippen LogP contribution is -2.16. The minimum atomic E-state index is -0.512. The Morgan fingerprint density at radius 3 is 2.58 bits per heavy atom. The van der Waals surface area contributed by atoms with E-state index in [9.17, 15) is 4.79 Å². The van der Waals surface area contributed by atoms with E-state index < -0.39 is 5.91 Å². The number of amides is 1. The maximum Gasteiger partial charge on any atom is 0.279 e. The number of benzene rings is 1. The van der Waals surface area contributed by atoms with E-state index in [1.54, 1.807) is 46.9 Å². The summed E-state index contributed by atoms with van der Waals surface area (Å²) in [4.78, 5) is 12.8. The maximum absolute atomic E-state index is 12.8. The first-order valence-corrected chi connectivity index (χ1v) is 10.4. The first-order chi connectivity index (χ1) is 14.8. The van der Waals surface area contributed by atoms with Crippen molar-refractivity contribution in [3.05, 3.63) is 79.5 Å². The largest absolute Gasteiger partial charge is 0.361 e. The molecule has 3 heterocycles. The molecule has 8 nitrogen and oxygen atoms in total. The Kier molecular flexibility index (Phi) is 6.24. The van der Waals surface area contributed by atoms with Crippen molar-refractivity contribution >= 4 is 58.1 Å². The van der Waals surface area contributed by atoms with Crippen LogP contribution in [0.15, 0.2) is 41.3 Å². The van der Waals surface area contributed by atoms with E-state index >= 15 is 0 Å². The minimum absolute atomic E-state index is 0.107. The maximum atomic E-state index is 12.8. The molecule has 0 spiro atoms. The molecule has 0 radical (unpaired) electrons. The van der Waals surface area contributed by atoms with Gasteiger partial charge in [-0.1, -0.05) is 57.6 Å². The van der Waals surface area contributed by atoms with Crippen LogP contribution in [0.4, 0.5) is 5.82 Å². The van der Waals surface area contributed by atoms with Crippen molar-refractivity contribution in [1.29, 1.82) is 0 Å². The number of nitrogens with zero attached hydrogens (tertiary/aromatic N) is 5. The summed E-state index contributed by atoms with van der Waals surface area (Å²) in [5.41, 5.74) is 1.48. The van der Waals surface area contributed by atoms with Gasteiger partial charge in [0.05, 0.1) is 24.3 Å². The Morgan fingerprint density at radius 1 is 1.06 bits per heavy atom. The minimum Gasteiger partial charge on any atom is -0.361 e. The summed E-state index contributed by atoms with van der Waals surface area (Å²) in [6, 6.07) is 5.18. The van der Waals surface area contributed by atoms with Crippen LogP contribution in [0, 0.1) is 6.92 Å². The quantitative estimate of drug-likeness (QED) is 0.386. The number of nitrogens with one attached hydrogen (secondary N) is 1. The fourth-order valence-electron chi connectivity index (χ4n) is 2.90. The van der Waals surface area contributed by atoms with Gasteiger partial charge in [-0.25, -0.2) is 0 Å². The Morgan fingerprint density at radius 2 is 1.87 bits per heavy atom. The van der Waals surface area contributed by atoms with Gasteiger partial charge >= 0.3 is 0 Å². The third kappa shape index (κ3) is 4.88. The number of carbonyl (C=O) groups is 1. The average molecular weight is 500 g/mol. The second-order valence-electron chi connectivity index (χ2n) is 6.64. The molecule has 0 aliphatic heterocycles. The number of aromatic nitrogens is 5. The molecule has 4 rings (SSSR count). The normalized spacial score (nSPS) is 11.1. The van der Waals surface area contributed by atoms with Gasteiger partial charge in [0.1, 0.15) is 10.8 Å². The van der Waals surface area contributed by atoms with Crippen LogP contribution < -0.4 is 5.32 Å². The third-order valence-corrected chi connectivity index (χ3v) is 5.48. The summed E-state index contributed by atoms with van der Waals surface area (Å²) in [6.07, 6.45) is 4.72. The van der Waals surface area contributed by atoms with E-state index in [-0.39, 0.29) is 23.1 Å². The van der Waals surface area contributed by atoms with Crippen LogP contribution in [0.2, 0.25) is 20.1 Å². The molecule has 4 aromatic rings. The third-order valence-electron chi connectivity index (χ3n) is 4.42. The number of rotatable bonds is 6. The molecule has 0 fully saturated rings. The molecule has 0 aliphatic carbocycles. The number of aryl methyl sites for hydroxylation is 1. The highest BCUT2D eigenvalue weighted by atomic mass is 35.5. The van der Waals surface area contributed by atoms with E-state index in [4.69, 9.17) is 50.9 Å². The number of anilines is 1. The summed E-state index contributed by atoms with van der Waals surface area (Å²) < 4.78 is 8.34. The van der Waals surface area contributed by atoms with E-state index in [0.717, 1.165) is 5.56 Å². The average Bonchev–Trinajstić information content (AvgIpc) is 3.38. The highest BCUT2D eigenvalue weighted by Crippen LogP contribution is 2.25. The van der Waals surface area contributed by atoms with E-state index in [1.165, 1.54) is 6.20 Å². The first kappa shape index (κ1) is 21.7. The molecule has 31 heavy (non-hydrogen) atoms. The summed E-state index contributed by atoms with van der Waals surface area (Å²) in [6.45, 7) is 2.32. The Balaban J connectivity index is 1.52. The molecule has 160 valence electrons. The summed E-state index contributed by atoms with van der Waals surface area (Å²) in [5, 5.41) is 16.8. The second kappa shape index (κ2) is 8.92. The molecular weight excluding hydrogens is 486 g/mol. The van der Waals surface area contributed by atoms with Gasteiger partial charge in [-0.15, -0.1) is 0 Å². The molecule has 1 aromatic carbocycles. The Bertz CT molecular complexity index is 1260. The highest BCUT2D eigenvalue weighted by Gasteiger charge is 2.22. The molecule has 0 bridgehead atoms. The summed E-state index contributed by atoms with van der Waals surface area (Å²) in [5.74, 6) is 0.165. The molecule has 12 heteroatoms. The van der Waals surface area contributed by atoms with Crippen molar-refractivity contribution in [3.63, 3.8) is 0 Å². The first-order valence-electron chi connectivity index (χ1n) is 8.91. The van der Waals surface area contributed by atoms with Gasteiger partial charge in [0.15, 0.2) is 11.5 Å². The molecule has 0 unspecified atom stereocenters. The SMILES string of the molecule is Cc1onc(C(=O)Nc2nn(Cc3ccc(Cl)cc3Cl)cc2Cl)c1Cn1cc(Cl)cn1. The number of hydrogen-bond acceptors (Lipinski definition) is 5. The lowest BCUT2D eigenvalue weighted by Gasteiger charge is -2.05. The van der Waals surface area contributed by atoms with Crippen molar-refractivity contribution in [3.8, 4) is 0 Å². The van der Waals surface area contributed by atoms with Crippen LogP contribution >= 0.6 is 46.4 Å². The lowest BCUT2D eigenvalue weighted by atomic mass is 10.2. The van der Waals surface area contributed by atoms with Crippen LogP contribution in [0.25, 0.3) is 0 Å².